The summed E-state index contributed by atoms with van der Waals surface area (Å²) < 4.78 is 5.36. The van der Waals surface area contributed by atoms with Gasteiger partial charge in [-0.25, -0.2) is 0 Å². The van der Waals surface area contributed by atoms with Crippen LogP contribution in [-0.2, 0) is 14.3 Å². The standard InChI is InChI=1S/C38H74O4S/c1-3-5-7-9-11-13-15-17-19-20-21-23-25-27-29-31-33-36(38(40)41)43-35-37(39)42-34-32-30-28-26-24-22-18-16-14-12-10-8-6-4-2/h36H,3-35H2,1-2H3,(H,40,41). The smallest absolute Gasteiger partial charge is 0.316 e. The molecule has 0 spiro atoms. The molecule has 0 aliphatic rings. The highest BCUT2D eigenvalue weighted by Crippen LogP contribution is 2.20. The first-order valence-corrected chi connectivity index (χ1v) is 20.2. The van der Waals surface area contributed by atoms with Crippen molar-refractivity contribution in [3.63, 3.8) is 0 Å². The highest BCUT2D eigenvalue weighted by Gasteiger charge is 2.19. The summed E-state index contributed by atoms with van der Waals surface area (Å²) in [5.41, 5.74) is 0. The lowest BCUT2D eigenvalue weighted by Crippen LogP contribution is -2.19. The van der Waals surface area contributed by atoms with Crippen LogP contribution in [0.5, 0.6) is 0 Å². The Morgan fingerprint density at radius 1 is 0.488 bits per heavy atom. The van der Waals surface area contributed by atoms with E-state index in [9.17, 15) is 14.7 Å². The molecule has 0 saturated heterocycles. The van der Waals surface area contributed by atoms with E-state index in [4.69, 9.17) is 4.74 Å². The van der Waals surface area contributed by atoms with Crippen molar-refractivity contribution >= 4 is 23.7 Å². The molecule has 0 saturated carbocycles. The molecule has 0 fully saturated rings. The topological polar surface area (TPSA) is 63.6 Å². The maximum absolute atomic E-state index is 12.1. The Morgan fingerprint density at radius 2 is 0.791 bits per heavy atom. The Balaban J connectivity index is 3.49. The van der Waals surface area contributed by atoms with Crippen molar-refractivity contribution in [3.05, 3.63) is 0 Å². The summed E-state index contributed by atoms with van der Waals surface area (Å²) >= 11 is 1.24. The molecule has 1 atom stereocenters. The van der Waals surface area contributed by atoms with Gasteiger partial charge >= 0.3 is 11.9 Å². The van der Waals surface area contributed by atoms with E-state index in [1.165, 1.54) is 179 Å². The Bertz CT molecular complexity index is 582. The normalized spacial score (nSPS) is 12.0. The Labute approximate surface area is 273 Å². The van der Waals surface area contributed by atoms with E-state index in [1.807, 2.05) is 0 Å². The minimum atomic E-state index is -0.800. The molecule has 0 aliphatic heterocycles. The van der Waals surface area contributed by atoms with Gasteiger partial charge in [0, 0.05) is 0 Å². The van der Waals surface area contributed by atoms with Crippen LogP contribution >= 0.6 is 11.8 Å². The fourth-order valence-corrected chi connectivity index (χ4v) is 6.75. The second-order valence-electron chi connectivity index (χ2n) is 13.0. The van der Waals surface area contributed by atoms with Crippen LogP contribution < -0.4 is 0 Å². The molecule has 1 unspecified atom stereocenters. The summed E-state index contributed by atoms with van der Waals surface area (Å²) in [7, 11) is 0. The first-order valence-electron chi connectivity index (χ1n) is 19.1. The van der Waals surface area contributed by atoms with Crippen LogP contribution in [-0.4, -0.2) is 34.7 Å². The lowest BCUT2D eigenvalue weighted by molar-refractivity contribution is -0.140. The molecule has 0 heterocycles. The molecular weight excluding hydrogens is 552 g/mol. The van der Waals surface area contributed by atoms with Gasteiger partial charge in [-0.2, -0.15) is 0 Å². The second-order valence-corrected chi connectivity index (χ2v) is 14.2. The van der Waals surface area contributed by atoms with Crippen LogP contribution in [0, 0.1) is 0 Å². The third-order valence-corrected chi connectivity index (χ3v) is 10.0. The molecule has 0 aromatic heterocycles. The molecule has 0 aromatic rings. The summed E-state index contributed by atoms with van der Waals surface area (Å²) in [6.07, 6.45) is 40.0. The number of carboxylic acid groups (broad SMARTS) is 1. The number of aliphatic carboxylic acids is 1. The number of hydrogen-bond donors (Lipinski definition) is 1. The fraction of sp³-hybridized carbons (Fsp3) is 0.947. The van der Waals surface area contributed by atoms with Crippen molar-refractivity contribution in [1.82, 2.24) is 0 Å². The number of esters is 1. The zero-order chi connectivity index (χ0) is 31.5. The molecule has 0 rings (SSSR count). The van der Waals surface area contributed by atoms with Crippen LogP contribution in [0.4, 0.5) is 0 Å². The maximum Gasteiger partial charge on any atom is 0.316 e. The van der Waals surface area contributed by atoms with Gasteiger partial charge in [0.1, 0.15) is 5.25 Å². The number of hydrogen-bond acceptors (Lipinski definition) is 4. The molecule has 256 valence electrons. The van der Waals surface area contributed by atoms with Gasteiger partial charge in [-0.1, -0.05) is 200 Å². The number of unbranched alkanes of at least 4 members (excludes halogenated alkanes) is 28. The van der Waals surface area contributed by atoms with E-state index in [0.29, 0.717) is 13.0 Å². The van der Waals surface area contributed by atoms with Crippen molar-refractivity contribution in [3.8, 4) is 0 Å². The molecule has 0 amide bonds. The van der Waals surface area contributed by atoms with Crippen molar-refractivity contribution in [2.24, 2.45) is 0 Å². The van der Waals surface area contributed by atoms with Gasteiger partial charge in [0.25, 0.3) is 0 Å². The van der Waals surface area contributed by atoms with Gasteiger partial charge in [-0.3, -0.25) is 9.59 Å². The predicted octanol–water partition coefficient (Wildman–Crippen LogP) is 12.8. The van der Waals surface area contributed by atoms with E-state index < -0.39 is 11.2 Å². The van der Waals surface area contributed by atoms with E-state index >= 15 is 0 Å². The average molecular weight is 627 g/mol. The fourth-order valence-electron chi connectivity index (χ4n) is 5.85. The number of carbonyl (C=O) groups is 2. The van der Waals surface area contributed by atoms with E-state index in [1.54, 1.807) is 0 Å². The lowest BCUT2D eigenvalue weighted by Gasteiger charge is -2.12. The third-order valence-electron chi connectivity index (χ3n) is 8.76. The Morgan fingerprint density at radius 3 is 1.12 bits per heavy atom. The molecule has 0 bridgehead atoms. The molecular formula is C38H74O4S. The SMILES string of the molecule is CCCCCCCCCCCCCCCCCCC(SCC(=O)OCCCCCCCCCCCCCCCC)C(=O)O. The zero-order valence-corrected chi connectivity index (χ0v) is 29.8. The maximum atomic E-state index is 12.1. The van der Waals surface area contributed by atoms with Gasteiger partial charge in [-0.15, -0.1) is 11.8 Å². The number of carboxylic acids is 1. The van der Waals surface area contributed by atoms with Crippen molar-refractivity contribution in [2.75, 3.05) is 12.4 Å². The Kier molecular flexibility index (Phi) is 35.2. The summed E-state index contributed by atoms with van der Waals surface area (Å²) in [6, 6.07) is 0. The highest BCUT2D eigenvalue weighted by molar-refractivity contribution is 8.01. The van der Waals surface area contributed by atoms with E-state index in [0.717, 1.165) is 25.7 Å². The molecule has 0 aliphatic carbocycles. The molecule has 0 radical (unpaired) electrons. The summed E-state index contributed by atoms with van der Waals surface area (Å²) in [5.74, 6) is -0.919. The van der Waals surface area contributed by atoms with Crippen LogP contribution in [0.15, 0.2) is 0 Å². The Hall–Kier alpha value is -0.710. The quantitative estimate of drug-likeness (QED) is 0.0553. The van der Waals surface area contributed by atoms with Crippen molar-refractivity contribution < 1.29 is 19.4 Å². The molecule has 43 heavy (non-hydrogen) atoms. The molecule has 1 N–H and O–H groups in total. The van der Waals surface area contributed by atoms with Gasteiger partial charge in [0.05, 0.1) is 12.4 Å². The number of thioether (sulfide) groups is 1. The third kappa shape index (κ3) is 34.0. The molecule has 4 nitrogen and oxygen atoms in total. The molecule has 5 heteroatoms. The lowest BCUT2D eigenvalue weighted by atomic mass is 10.0. The minimum Gasteiger partial charge on any atom is -0.480 e. The van der Waals surface area contributed by atoms with Crippen molar-refractivity contribution in [1.29, 1.82) is 0 Å². The van der Waals surface area contributed by atoms with Crippen molar-refractivity contribution in [2.45, 2.75) is 218 Å². The zero-order valence-electron chi connectivity index (χ0n) is 29.0. The first-order chi connectivity index (χ1) is 21.1. The minimum absolute atomic E-state index is 0.147. The summed E-state index contributed by atoms with van der Waals surface area (Å²) in [6.45, 7) is 5.01. The highest BCUT2D eigenvalue weighted by atomic mass is 32.2. The van der Waals surface area contributed by atoms with Crippen LogP contribution in [0.25, 0.3) is 0 Å². The van der Waals surface area contributed by atoms with Gasteiger partial charge in [-0.05, 0) is 12.8 Å². The van der Waals surface area contributed by atoms with Crippen LogP contribution in [0.3, 0.4) is 0 Å². The van der Waals surface area contributed by atoms with Gasteiger partial charge in [0.15, 0.2) is 0 Å². The van der Waals surface area contributed by atoms with Gasteiger partial charge < -0.3 is 9.84 Å². The number of ether oxygens (including phenoxy) is 1. The van der Waals surface area contributed by atoms with E-state index in [2.05, 4.69) is 13.8 Å². The van der Waals surface area contributed by atoms with Crippen LogP contribution in [0.2, 0.25) is 0 Å². The van der Waals surface area contributed by atoms with Gasteiger partial charge in [0.2, 0.25) is 0 Å². The van der Waals surface area contributed by atoms with Crippen LogP contribution in [0.1, 0.15) is 213 Å². The van der Waals surface area contributed by atoms with E-state index in [-0.39, 0.29) is 11.7 Å². The summed E-state index contributed by atoms with van der Waals surface area (Å²) in [4.78, 5) is 23.7. The number of rotatable bonds is 36. The largest absolute Gasteiger partial charge is 0.480 e. The second kappa shape index (κ2) is 35.8. The monoisotopic (exact) mass is 627 g/mol. The molecule has 0 aromatic carbocycles. The average Bonchev–Trinajstić information content (AvgIpc) is 3.00. The first kappa shape index (κ1) is 42.3. The summed E-state index contributed by atoms with van der Waals surface area (Å²) in [5, 5.41) is 9.06. The predicted molar refractivity (Wildman–Crippen MR) is 189 cm³/mol. The number of carbonyl (C=O) groups excluding carboxylic acids is 1.